The number of aromatic nitrogens is 1. The average molecular weight is 234 g/mol. The number of thiazole rings is 1. The predicted octanol–water partition coefficient (Wildman–Crippen LogP) is 1.01. The summed E-state index contributed by atoms with van der Waals surface area (Å²) < 4.78 is 25.2. The molecule has 0 aromatic carbocycles. The van der Waals surface area contributed by atoms with E-state index in [4.69, 9.17) is 0 Å². The number of sulfonamides is 1. The molecule has 0 aliphatic heterocycles. The molecule has 14 heavy (non-hydrogen) atoms. The maximum absolute atomic E-state index is 11.3. The molecule has 1 rings (SSSR count). The highest BCUT2D eigenvalue weighted by Gasteiger charge is 2.14. The molecule has 0 aliphatic rings. The van der Waals surface area contributed by atoms with Crippen molar-refractivity contribution < 1.29 is 8.42 Å². The molecule has 0 bridgehead atoms. The molecule has 1 N–H and O–H groups in total. The summed E-state index contributed by atoms with van der Waals surface area (Å²) >= 11 is 1.52. The number of hydrogen-bond acceptors (Lipinski definition) is 4. The average Bonchev–Trinajstić information content (AvgIpc) is 2.56. The van der Waals surface area contributed by atoms with E-state index in [2.05, 4.69) is 9.71 Å². The van der Waals surface area contributed by atoms with Crippen LogP contribution in [-0.4, -0.2) is 25.2 Å². The molecule has 0 atom stereocenters. The van der Waals surface area contributed by atoms with E-state index in [1.54, 1.807) is 19.4 Å². The summed E-state index contributed by atoms with van der Waals surface area (Å²) in [5.74, 6) is 0. The number of rotatable bonds is 5. The van der Waals surface area contributed by atoms with Crippen LogP contribution in [0.3, 0.4) is 0 Å². The molecule has 0 aliphatic carbocycles. The van der Waals surface area contributed by atoms with Crippen molar-refractivity contribution in [3.05, 3.63) is 16.6 Å². The van der Waals surface area contributed by atoms with Gasteiger partial charge >= 0.3 is 0 Å². The zero-order valence-electron chi connectivity index (χ0n) is 8.23. The van der Waals surface area contributed by atoms with Gasteiger partial charge in [0.05, 0.1) is 16.5 Å². The van der Waals surface area contributed by atoms with Gasteiger partial charge in [-0.2, -0.15) is 0 Å². The van der Waals surface area contributed by atoms with E-state index in [0.717, 1.165) is 5.69 Å². The first kappa shape index (κ1) is 11.6. The highest BCUT2D eigenvalue weighted by Crippen LogP contribution is 2.01. The first-order chi connectivity index (χ1) is 6.52. The first-order valence-corrected chi connectivity index (χ1v) is 6.87. The fraction of sp³-hybridized carbons (Fsp3) is 0.625. The minimum absolute atomic E-state index is 0.377. The van der Waals surface area contributed by atoms with Crippen molar-refractivity contribution in [1.82, 2.24) is 9.71 Å². The lowest BCUT2D eigenvalue weighted by atomic mass is 10.3. The molecule has 0 radical (unpaired) electrons. The summed E-state index contributed by atoms with van der Waals surface area (Å²) in [5.41, 5.74) is 2.67. The van der Waals surface area contributed by atoms with Gasteiger partial charge in [0.25, 0.3) is 0 Å². The standard InChI is InChI=1S/C8H14N2O2S2/c1-7(2)14(11,12)10-4-3-8-5-13-6-9-8/h5-7,10H,3-4H2,1-2H3. The minimum Gasteiger partial charge on any atom is -0.250 e. The van der Waals surface area contributed by atoms with Crippen molar-refractivity contribution in [3.63, 3.8) is 0 Å². The van der Waals surface area contributed by atoms with Crippen molar-refractivity contribution in [1.29, 1.82) is 0 Å². The van der Waals surface area contributed by atoms with Crippen LogP contribution in [0.2, 0.25) is 0 Å². The summed E-state index contributed by atoms with van der Waals surface area (Å²) in [6.07, 6.45) is 0.648. The van der Waals surface area contributed by atoms with Gasteiger partial charge in [0.15, 0.2) is 0 Å². The maximum atomic E-state index is 11.3. The topological polar surface area (TPSA) is 59.1 Å². The second kappa shape index (κ2) is 4.86. The van der Waals surface area contributed by atoms with Crippen LogP contribution in [0.25, 0.3) is 0 Å². The van der Waals surface area contributed by atoms with Crippen LogP contribution in [0.1, 0.15) is 19.5 Å². The Morgan fingerprint density at radius 1 is 1.57 bits per heavy atom. The van der Waals surface area contributed by atoms with Gasteiger partial charge in [-0.15, -0.1) is 11.3 Å². The molecule has 0 amide bonds. The van der Waals surface area contributed by atoms with Gasteiger partial charge < -0.3 is 0 Å². The van der Waals surface area contributed by atoms with E-state index in [0.29, 0.717) is 13.0 Å². The molecule has 1 aromatic heterocycles. The van der Waals surface area contributed by atoms with Gasteiger partial charge in [0.2, 0.25) is 10.0 Å². The molecule has 0 fully saturated rings. The molecule has 1 heterocycles. The van der Waals surface area contributed by atoms with Crippen molar-refractivity contribution in [2.24, 2.45) is 0 Å². The fourth-order valence-electron chi connectivity index (χ4n) is 0.849. The van der Waals surface area contributed by atoms with Crippen LogP contribution in [-0.2, 0) is 16.4 Å². The van der Waals surface area contributed by atoms with Crippen molar-refractivity contribution in [2.45, 2.75) is 25.5 Å². The lowest BCUT2D eigenvalue weighted by Gasteiger charge is -2.08. The largest absolute Gasteiger partial charge is 0.250 e. The minimum atomic E-state index is -3.13. The Kier molecular flexibility index (Phi) is 4.03. The summed E-state index contributed by atoms with van der Waals surface area (Å²) in [7, 11) is -3.13. The van der Waals surface area contributed by atoms with E-state index < -0.39 is 10.0 Å². The molecule has 4 nitrogen and oxygen atoms in total. The molecule has 0 saturated heterocycles. The lowest BCUT2D eigenvalue weighted by Crippen LogP contribution is -2.32. The molecule has 0 unspecified atom stereocenters. The Morgan fingerprint density at radius 3 is 2.79 bits per heavy atom. The van der Waals surface area contributed by atoms with Crippen LogP contribution in [0.5, 0.6) is 0 Å². The van der Waals surface area contributed by atoms with Gasteiger partial charge in [-0.25, -0.2) is 18.1 Å². The van der Waals surface area contributed by atoms with E-state index in [9.17, 15) is 8.42 Å². The summed E-state index contributed by atoms with van der Waals surface area (Å²) in [6.45, 7) is 3.74. The maximum Gasteiger partial charge on any atom is 0.213 e. The smallest absolute Gasteiger partial charge is 0.213 e. The summed E-state index contributed by atoms with van der Waals surface area (Å²) in [6, 6.07) is 0. The molecule has 80 valence electrons. The Balaban J connectivity index is 2.36. The third-order valence-electron chi connectivity index (χ3n) is 1.79. The first-order valence-electron chi connectivity index (χ1n) is 4.38. The Morgan fingerprint density at radius 2 is 2.29 bits per heavy atom. The van der Waals surface area contributed by atoms with Gasteiger partial charge in [0, 0.05) is 18.3 Å². The zero-order chi connectivity index (χ0) is 10.6. The summed E-state index contributed by atoms with van der Waals surface area (Å²) in [4.78, 5) is 4.06. The van der Waals surface area contributed by atoms with Gasteiger partial charge in [0.1, 0.15) is 0 Å². The van der Waals surface area contributed by atoms with E-state index >= 15 is 0 Å². The van der Waals surface area contributed by atoms with Gasteiger partial charge in [-0.1, -0.05) is 0 Å². The van der Waals surface area contributed by atoms with Crippen molar-refractivity contribution in [2.75, 3.05) is 6.54 Å². The number of hydrogen-bond donors (Lipinski definition) is 1. The number of nitrogens with zero attached hydrogens (tertiary/aromatic N) is 1. The molecular formula is C8H14N2O2S2. The summed E-state index contributed by atoms with van der Waals surface area (Å²) in [5, 5.41) is 1.54. The molecule has 0 spiro atoms. The molecular weight excluding hydrogens is 220 g/mol. The molecule has 1 aromatic rings. The third kappa shape index (κ3) is 3.36. The third-order valence-corrected chi connectivity index (χ3v) is 4.27. The predicted molar refractivity (Wildman–Crippen MR) is 57.9 cm³/mol. The van der Waals surface area contributed by atoms with Crippen LogP contribution in [0, 0.1) is 0 Å². The van der Waals surface area contributed by atoms with Crippen LogP contribution < -0.4 is 4.72 Å². The monoisotopic (exact) mass is 234 g/mol. The Bertz CT molecular complexity index is 357. The van der Waals surface area contributed by atoms with E-state index in [-0.39, 0.29) is 5.25 Å². The second-order valence-electron chi connectivity index (χ2n) is 3.22. The van der Waals surface area contributed by atoms with Crippen molar-refractivity contribution >= 4 is 21.4 Å². The quantitative estimate of drug-likeness (QED) is 0.827. The van der Waals surface area contributed by atoms with Crippen LogP contribution in [0.4, 0.5) is 0 Å². The fourth-order valence-corrected chi connectivity index (χ4v) is 2.16. The molecule has 0 saturated carbocycles. The molecule has 6 heteroatoms. The van der Waals surface area contributed by atoms with Crippen LogP contribution >= 0.6 is 11.3 Å². The highest BCUT2D eigenvalue weighted by atomic mass is 32.2. The van der Waals surface area contributed by atoms with E-state index in [1.165, 1.54) is 11.3 Å². The Hall–Kier alpha value is -0.460. The van der Waals surface area contributed by atoms with Crippen molar-refractivity contribution in [3.8, 4) is 0 Å². The Labute approximate surface area is 88.4 Å². The SMILES string of the molecule is CC(C)S(=O)(=O)NCCc1cscn1. The van der Waals surface area contributed by atoms with Gasteiger partial charge in [-0.3, -0.25) is 0 Å². The van der Waals surface area contributed by atoms with Crippen LogP contribution in [0.15, 0.2) is 10.9 Å². The van der Waals surface area contributed by atoms with Gasteiger partial charge in [-0.05, 0) is 13.8 Å². The highest BCUT2D eigenvalue weighted by molar-refractivity contribution is 7.90. The lowest BCUT2D eigenvalue weighted by molar-refractivity contribution is 0.572. The zero-order valence-corrected chi connectivity index (χ0v) is 9.86. The van der Waals surface area contributed by atoms with E-state index in [1.807, 2.05) is 5.38 Å². The number of nitrogens with one attached hydrogen (secondary N) is 1. The normalized spacial score (nSPS) is 12.2. The second-order valence-corrected chi connectivity index (χ2v) is 6.26.